The minimum Gasteiger partial charge on any atom is -0.495 e. The lowest BCUT2D eigenvalue weighted by molar-refractivity contribution is 0.102. The first-order chi connectivity index (χ1) is 13.5. The molecule has 3 aromatic rings. The largest absolute Gasteiger partial charge is 0.495 e. The zero-order valence-electron chi connectivity index (χ0n) is 15.6. The number of aryl methyl sites for hydroxylation is 1. The Morgan fingerprint density at radius 1 is 0.964 bits per heavy atom. The van der Waals surface area contributed by atoms with Crippen molar-refractivity contribution in [2.45, 2.75) is 6.92 Å². The minimum absolute atomic E-state index is 0.173. The van der Waals surface area contributed by atoms with E-state index in [4.69, 9.17) is 21.1 Å². The second-order valence-electron chi connectivity index (χ2n) is 5.91. The topological polar surface area (TPSA) is 85.4 Å². The molecule has 0 saturated heterocycles. The number of carbonyl (C=O) groups is 1. The van der Waals surface area contributed by atoms with E-state index in [1.165, 1.54) is 12.4 Å². The molecular formula is C20H19ClN4O3. The fourth-order valence-corrected chi connectivity index (χ4v) is 2.70. The summed E-state index contributed by atoms with van der Waals surface area (Å²) < 4.78 is 10.6. The number of nitrogens with one attached hydrogen (secondary N) is 2. The molecule has 0 bridgehead atoms. The quantitative estimate of drug-likeness (QED) is 0.638. The monoisotopic (exact) mass is 398 g/mol. The third kappa shape index (κ3) is 4.50. The van der Waals surface area contributed by atoms with Gasteiger partial charge in [-0.05, 0) is 42.8 Å². The summed E-state index contributed by atoms with van der Waals surface area (Å²) >= 11 is 6.02. The molecule has 0 atom stereocenters. The molecular weight excluding hydrogens is 380 g/mol. The number of hydrogen-bond acceptors (Lipinski definition) is 6. The molecule has 2 N–H and O–H groups in total. The Kier molecular flexibility index (Phi) is 5.96. The molecule has 2 aromatic carbocycles. The lowest BCUT2D eigenvalue weighted by atomic mass is 10.2. The number of nitrogens with zero attached hydrogens (tertiary/aromatic N) is 2. The van der Waals surface area contributed by atoms with Crippen LogP contribution in [0.25, 0.3) is 0 Å². The Hall–Kier alpha value is -3.32. The van der Waals surface area contributed by atoms with Gasteiger partial charge in [-0.1, -0.05) is 17.7 Å². The van der Waals surface area contributed by atoms with Crippen LogP contribution in [0.4, 0.5) is 17.2 Å². The van der Waals surface area contributed by atoms with E-state index in [1.807, 2.05) is 19.1 Å². The average Bonchev–Trinajstić information content (AvgIpc) is 2.69. The van der Waals surface area contributed by atoms with Crippen molar-refractivity contribution in [1.82, 2.24) is 9.97 Å². The Labute approximate surface area is 167 Å². The second-order valence-corrected chi connectivity index (χ2v) is 6.35. The van der Waals surface area contributed by atoms with E-state index >= 15 is 0 Å². The maximum Gasteiger partial charge on any atom is 0.275 e. The number of benzene rings is 2. The van der Waals surface area contributed by atoms with Crippen molar-refractivity contribution in [3.8, 4) is 11.5 Å². The van der Waals surface area contributed by atoms with Crippen LogP contribution in [0.3, 0.4) is 0 Å². The van der Waals surface area contributed by atoms with Gasteiger partial charge in [-0.3, -0.25) is 4.79 Å². The Balaban J connectivity index is 1.75. The fourth-order valence-electron chi connectivity index (χ4n) is 2.53. The molecule has 8 heteroatoms. The van der Waals surface area contributed by atoms with Crippen LogP contribution in [-0.2, 0) is 0 Å². The first-order valence-electron chi connectivity index (χ1n) is 8.38. The normalized spacial score (nSPS) is 10.3. The molecule has 0 aliphatic rings. The van der Waals surface area contributed by atoms with Gasteiger partial charge >= 0.3 is 0 Å². The molecule has 0 saturated carbocycles. The summed E-state index contributed by atoms with van der Waals surface area (Å²) in [6.07, 6.45) is 2.85. The zero-order valence-corrected chi connectivity index (χ0v) is 16.4. The van der Waals surface area contributed by atoms with Gasteiger partial charge in [0, 0.05) is 5.02 Å². The van der Waals surface area contributed by atoms with Crippen molar-refractivity contribution in [3.05, 3.63) is 65.1 Å². The van der Waals surface area contributed by atoms with E-state index in [0.29, 0.717) is 33.7 Å². The highest BCUT2D eigenvalue weighted by molar-refractivity contribution is 6.31. The Bertz CT molecular complexity index is 993. The molecule has 0 radical (unpaired) electrons. The molecule has 1 heterocycles. The second kappa shape index (κ2) is 8.58. The number of ether oxygens (including phenoxy) is 2. The molecule has 7 nitrogen and oxygen atoms in total. The van der Waals surface area contributed by atoms with Crippen LogP contribution in [0.2, 0.25) is 5.02 Å². The Morgan fingerprint density at radius 2 is 1.68 bits per heavy atom. The molecule has 0 spiro atoms. The molecule has 3 rings (SSSR count). The predicted molar refractivity (Wildman–Crippen MR) is 109 cm³/mol. The number of amides is 1. The summed E-state index contributed by atoms with van der Waals surface area (Å²) in [4.78, 5) is 20.9. The van der Waals surface area contributed by atoms with E-state index in [1.54, 1.807) is 38.5 Å². The molecule has 0 aliphatic heterocycles. The maximum absolute atomic E-state index is 12.5. The summed E-state index contributed by atoms with van der Waals surface area (Å²) in [6.45, 7) is 1.93. The van der Waals surface area contributed by atoms with Crippen molar-refractivity contribution in [2.75, 3.05) is 24.9 Å². The van der Waals surface area contributed by atoms with Gasteiger partial charge in [0.2, 0.25) is 0 Å². The van der Waals surface area contributed by atoms with Gasteiger partial charge in [0.05, 0.1) is 38.0 Å². The first kappa shape index (κ1) is 19.4. The molecule has 0 unspecified atom stereocenters. The molecule has 0 fully saturated rings. The number of aromatic nitrogens is 2. The van der Waals surface area contributed by atoms with Crippen LogP contribution in [0.1, 0.15) is 16.1 Å². The van der Waals surface area contributed by atoms with E-state index in [9.17, 15) is 4.79 Å². The van der Waals surface area contributed by atoms with E-state index in [2.05, 4.69) is 20.6 Å². The van der Waals surface area contributed by atoms with E-state index < -0.39 is 0 Å². The van der Waals surface area contributed by atoms with Crippen molar-refractivity contribution in [2.24, 2.45) is 0 Å². The van der Waals surface area contributed by atoms with Crippen LogP contribution in [-0.4, -0.2) is 30.1 Å². The molecule has 1 aromatic heterocycles. The van der Waals surface area contributed by atoms with Gasteiger partial charge in [0.25, 0.3) is 5.91 Å². The highest BCUT2D eigenvalue weighted by Gasteiger charge is 2.12. The van der Waals surface area contributed by atoms with Gasteiger partial charge in [0.15, 0.2) is 0 Å². The van der Waals surface area contributed by atoms with Gasteiger partial charge in [-0.15, -0.1) is 0 Å². The Morgan fingerprint density at radius 3 is 2.36 bits per heavy atom. The summed E-state index contributed by atoms with van der Waals surface area (Å²) in [7, 11) is 3.11. The van der Waals surface area contributed by atoms with E-state index in [0.717, 1.165) is 5.56 Å². The summed E-state index contributed by atoms with van der Waals surface area (Å²) in [5.74, 6) is 1.24. The summed E-state index contributed by atoms with van der Waals surface area (Å²) in [5.41, 5.74) is 2.38. The fraction of sp³-hybridized carbons (Fsp3) is 0.150. The van der Waals surface area contributed by atoms with E-state index in [-0.39, 0.29) is 11.6 Å². The number of hydrogen-bond donors (Lipinski definition) is 2. The zero-order chi connectivity index (χ0) is 20.1. The standard InChI is InChI=1S/C20H19ClN4O3/c1-12-4-6-17(27-2)14(8-12)25-20(26)16-10-23-19(11-22-16)24-15-9-13(21)5-7-18(15)28-3/h4-11H,1-3H3,(H,23,24)(H,25,26). The maximum atomic E-state index is 12.5. The van der Waals surface area contributed by atoms with Crippen molar-refractivity contribution < 1.29 is 14.3 Å². The van der Waals surface area contributed by atoms with Gasteiger partial charge in [0.1, 0.15) is 23.0 Å². The van der Waals surface area contributed by atoms with Crippen LogP contribution >= 0.6 is 11.6 Å². The number of rotatable bonds is 6. The number of methoxy groups -OCH3 is 2. The van der Waals surface area contributed by atoms with Crippen LogP contribution in [0.5, 0.6) is 11.5 Å². The summed E-state index contributed by atoms with van der Waals surface area (Å²) in [5, 5.41) is 6.42. The SMILES string of the molecule is COc1ccc(C)cc1NC(=O)c1cnc(Nc2cc(Cl)ccc2OC)cn1. The smallest absolute Gasteiger partial charge is 0.275 e. The highest BCUT2D eigenvalue weighted by Crippen LogP contribution is 2.30. The van der Waals surface area contributed by atoms with Crippen molar-refractivity contribution >= 4 is 34.7 Å². The average molecular weight is 399 g/mol. The predicted octanol–water partition coefficient (Wildman–Crippen LogP) is 4.45. The lowest BCUT2D eigenvalue weighted by Gasteiger charge is -2.12. The lowest BCUT2D eigenvalue weighted by Crippen LogP contribution is -2.15. The number of halogens is 1. The van der Waals surface area contributed by atoms with Gasteiger partial charge in [-0.2, -0.15) is 0 Å². The summed E-state index contributed by atoms with van der Waals surface area (Å²) in [6, 6.07) is 10.7. The van der Waals surface area contributed by atoms with Crippen LogP contribution < -0.4 is 20.1 Å². The first-order valence-corrected chi connectivity index (χ1v) is 8.76. The number of carbonyl (C=O) groups excluding carboxylic acids is 1. The highest BCUT2D eigenvalue weighted by atomic mass is 35.5. The minimum atomic E-state index is -0.386. The van der Waals surface area contributed by atoms with Crippen LogP contribution in [0.15, 0.2) is 48.8 Å². The number of anilines is 3. The molecule has 1 amide bonds. The molecule has 144 valence electrons. The van der Waals surface area contributed by atoms with Crippen LogP contribution in [0, 0.1) is 6.92 Å². The van der Waals surface area contributed by atoms with Gasteiger partial charge in [-0.25, -0.2) is 9.97 Å². The molecule has 28 heavy (non-hydrogen) atoms. The van der Waals surface area contributed by atoms with Crippen molar-refractivity contribution in [1.29, 1.82) is 0 Å². The van der Waals surface area contributed by atoms with Gasteiger partial charge < -0.3 is 20.1 Å². The third-order valence-electron chi connectivity index (χ3n) is 3.91. The van der Waals surface area contributed by atoms with Crippen molar-refractivity contribution in [3.63, 3.8) is 0 Å². The third-order valence-corrected chi connectivity index (χ3v) is 4.15. The molecule has 0 aliphatic carbocycles.